The van der Waals surface area contributed by atoms with Crippen LogP contribution >= 0.6 is 23.2 Å². The fourth-order valence-electron chi connectivity index (χ4n) is 4.64. The number of aromatic amines is 1. The van der Waals surface area contributed by atoms with Crippen LogP contribution in [-0.4, -0.2) is 35.2 Å². The second kappa shape index (κ2) is 13.3. The highest BCUT2D eigenvalue weighted by atomic mass is 35.5. The van der Waals surface area contributed by atoms with Gasteiger partial charge in [-0.05, 0) is 67.5 Å². The Hall–Kier alpha value is -5.11. The van der Waals surface area contributed by atoms with Crippen molar-refractivity contribution < 1.29 is 27.8 Å². The lowest BCUT2D eigenvalue weighted by atomic mass is 10.1. The van der Waals surface area contributed by atoms with Crippen LogP contribution in [0.15, 0.2) is 59.0 Å². The van der Waals surface area contributed by atoms with Gasteiger partial charge < -0.3 is 23.6 Å². The summed E-state index contributed by atoms with van der Waals surface area (Å²) < 4.78 is 37.9. The van der Waals surface area contributed by atoms with E-state index in [4.69, 9.17) is 41.8 Å². The SMILES string of the molecule is COc1cccc(/C=C/C(=O)c2[nH]c(-c3nnc(Cc4ccc(Cl)c(Oc5cc(Cl)cc(C#N)c5)c4F)o3)c(C)c2C)c1OC. The van der Waals surface area contributed by atoms with Crippen LogP contribution in [0.5, 0.6) is 23.0 Å². The van der Waals surface area contributed by atoms with Gasteiger partial charge in [-0.2, -0.15) is 5.26 Å². The van der Waals surface area contributed by atoms with Crippen molar-refractivity contribution in [2.45, 2.75) is 20.3 Å². The first-order chi connectivity index (χ1) is 21.6. The number of aromatic nitrogens is 3. The van der Waals surface area contributed by atoms with Crippen molar-refractivity contribution in [1.29, 1.82) is 5.26 Å². The van der Waals surface area contributed by atoms with E-state index in [-0.39, 0.29) is 56.7 Å². The van der Waals surface area contributed by atoms with Gasteiger partial charge in [0, 0.05) is 16.1 Å². The quantitative estimate of drug-likeness (QED) is 0.119. The van der Waals surface area contributed by atoms with E-state index in [0.717, 1.165) is 5.56 Å². The normalized spacial score (nSPS) is 11.1. The van der Waals surface area contributed by atoms with Crippen LogP contribution in [0.4, 0.5) is 4.39 Å². The van der Waals surface area contributed by atoms with Crippen LogP contribution in [-0.2, 0) is 6.42 Å². The van der Waals surface area contributed by atoms with E-state index < -0.39 is 5.82 Å². The summed E-state index contributed by atoms with van der Waals surface area (Å²) >= 11 is 12.3. The number of allylic oxidation sites excluding steroid dienone is 1. The van der Waals surface area contributed by atoms with E-state index in [2.05, 4.69) is 15.2 Å². The number of methoxy groups -OCH3 is 2. The molecule has 2 heterocycles. The second-order valence-electron chi connectivity index (χ2n) is 9.82. The summed E-state index contributed by atoms with van der Waals surface area (Å²) in [6.07, 6.45) is 3.02. The van der Waals surface area contributed by atoms with Gasteiger partial charge in [0.25, 0.3) is 5.89 Å². The Labute approximate surface area is 267 Å². The first-order valence-corrected chi connectivity index (χ1v) is 14.2. The molecule has 0 unspecified atom stereocenters. The smallest absolute Gasteiger partial charge is 0.264 e. The van der Waals surface area contributed by atoms with Crippen LogP contribution in [0.25, 0.3) is 17.7 Å². The average molecular weight is 647 g/mol. The third-order valence-corrected chi connectivity index (χ3v) is 7.54. The first-order valence-electron chi connectivity index (χ1n) is 13.4. The van der Waals surface area contributed by atoms with Crippen molar-refractivity contribution in [3.8, 4) is 40.7 Å². The third-order valence-electron chi connectivity index (χ3n) is 7.03. The third kappa shape index (κ3) is 6.55. The van der Waals surface area contributed by atoms with Crippen LogP contribution in [0.1, 0.15) is 44.2 Å². The van der Waals surface area contributed by atoms with E-state index in [1.807, 2.05) is 26.0 Å². The topological polar surface area (TPSA) is 123 Å². The van der Waals surface area contributed by atoms with Gasteiger partial charge in [-0.25, -0.2) is 4.39 Å². The highest BCUT2D eigenvalue weighted by Crippen LogP contribution is 2.36. The summed E-state index contributed by atoms with van der Waals surface area (Å²) in [5.41, 5.74) is 3.38. The Morgan fingerprint density at radius 3 is 2.60 bits per heavy atom. The van der Waals surface area contributed by atoms with Crippen molar-refractivity contribution in [3.05, 3.63) is 110 Å². The van der Waals surface area contributed by atoms with Crippen LogP contribution in [0.2, 0.25) is 10.0 Å². The predicted octanol–water partition coefficient (Wildman–Crippen LogP) is 8.30. The summed E-state index contributed by atoms with van der Waals surface area (Å²) in [5, 5.41) is 17.7. The Morgan fingerprint density at radius 1 is 1.07 bits per heavy atom. The summed E-state index contributed by atoms with van der Waals surface area (Å²) in [4.78, 5) is 16.3. The Morgan fingerprint density at radius 2 is 1.87 bits per heavy atom. The molecule has 228 valence electrons. The molecule has 0 fully saturated rings. The van der Waals surface area contributed by atoms with Crippen molar-refractivity contribution in [1.82, 2.24) is 15.2 Å². The molecule has 0 aliphatic carbocycles. The number of ketones is 1. The molecule has 0 spiro atoms. The zero-order valence-electron chi connectivity index (χ0n) is 24.5. The van der Waals surface area contributed by atoms with Crippen LogP contribution in [0.3, 0.4) is 0 Å². The van der Waals surface area contributed by atoms with Gasteiger partial charge in [0.1, 0.15) is 11.4 Å². The van der Waals surface area contributed by atoms with Crippen molar-refractivity contribution in [2.75, 3.05) is 14.2 Å². The summed E-state index contributed by atoms with van der Waals surface area (Å²) in [6.45, 7) is 3.64. The maximum Gasteiger partial charge on any atom is 0.264 e. The molecule has 1 N–H and O–H groups in total. The largest absolute Gasteiger partial charge is 0.493 e. The number of rotatable bonds is 10. The molecule has 0 saturated heterocycles. The minimum atomic E-state index is -0.736. The molecular weight excluding hydrogens is 622 g/mol. The molecule has 0 saturated carbocycles. The number of nitrogens with one attached hydrogen (secondary N) is 1. The summed E-state index contributed by atoms with van der Waals surface area (Å²) in [7, 11) is 3.07. The molecular formula is C33H25Cl2FN4O5. The zero-order chi connectivity index (χ0) is 32.2. The number of ether oxygens (including phenoxy) is 3. The number of carbonyl (C=O) groups is 1. The maximum atomic E-state index is 15.5. The molecule has 0 aliphatic heterocycles. The molecule has 12 heteroatoms. The van der Waals surface area contributed by atoms with E-state index >= 15 is 4.39 Å². The lowest BCUT2D eigenvalue weighted by Gasteiger charge is -2.11. The number of H-pyrrole nitrogens is 1. The Kier molecular flexibility index (Phi) is 9.23. The number of carbonyl (C=O) groups excluding carboxylic acids is 1. The fourth-order valence-corrected chi connectivity index (χ4v) is 5.05. The van der Waals surface area contributed by atoms with Gasteiger partial charge in [-0.3, -0.25) is 4.79 Å². The van der Waals surface area contributed by atoms with Crippen molar-refractivity contribution in [2.24, 2.45) is 0 Å². The minimum absolute atomic E-state index is 0.0227. The van der Waals surface area contributed by atoms with Crippen molar-refractivity contribution in [3.63, 3.8) is 0 Å². The van der Waals surface area contributed by atoms with Gasteiger partial charge >= 0.3 is 0 Å². The molecule has 3 aromatic carbocycles. The van der Waals surface area contributed by atoms with E-state index in [1.165, 1.54) is 43.5 Å². The second-order valence-corrected chi connectivity index (χ2v) is 10.7. The number of para-hydroxylation sites is 1. The lowest BCUT2D eigenvalue weighted by Crippen LogP contribution is -1.98. The number of halogens is 3. The minimum Gasteiger partial charge on any atom is -0.493 e. The van der Waals surface area contributed by atoms with E-state index in [9.17, 15) is 10.1 Å². The van der Waals surface area contributed by atoms with E-state index in [0.29, 0.717) is 34.0 Å². The Bertz CT molecular complexity index is 1990. The molecule has 2 aromatic heterocycles. The van der Waals surface area contributed by atoms with Gasteiger partial charge in [0.15, 0.2) is 23.1 Å². The Balaban J connectivity index is 1.37. The van der Waals surface area contributed by atoms with Gasteiger partial charge in [0.2, 0.25) is 11.7 Å². The van der Waals surface area contributed by atoms with Gasteiger partial charge in [-0.1, -0.05) is 41.4 Å². The summed E-state index contributed by atoms with van der Waals surface area (Å²) in [6, 6.07) is 14.6. The molecule has 9 nitrogen and oxygen atoms in total. The molecule has 0 radical (unpaired) electrons. The number of nitriles is 1. The summed E-state index contributed by atoms with van der Waals surface area (Å²) in [5.74, 6) is 0.218. The van der Waals surface area contributed by atoms with Crippen molar-refractivity contribution >= 4 is 35.1 Å². The average Bonchev–Trinajstić information content (AvgIpc) is 3.62. The number of hydrogen-bond donors (Lipinski definition) is 1. The molecule has 0 amide bonds. The molecule has 0 atom stereocenters. The monoisotopic (exact) mass is 646 g/mol. The molecule has 5 aromatic rings. The first kappa shape index (κ1) is 31.3. The molecule has 5 rings (SSSR count). The van der Waals surface area contributed by atoms with Gasteiger partial charge in [-0.15, -0.1) is 10.2 Å². The maximum absolute atomic E-state index is 15.5. The number of nitrogens with zero attached hydrogens (tertiary/aromatic N) is 3. The highest BCUT2D eigenvalue weighted by molar-refractivity contribution is 6.32. The molecule has 0 bridgehead atoms. The predicted molar refractivity (Wildman–Crippen MR) is 167 cm³/mol. The van der Waals surface area contributed by atoms with Gasteiger partial charge in [0.05, 0.1) is 43.0 Å². The molecule has 0 aliphatic rings. The van der Waals surface area contributed by atoms with E-state index in [1.54, 1.807) is 25.3 Å². The number of benzene rings is 3. The standard InChI is InChI=1S/C33H25Cl2FN4O5/c1-17-18(2)30(38-29(17)25(41)11-9-20-6-5-7-26(42-3)31(20)43-4)33-40-39-27(45-33)14-21-8-10-24(35)32(28(21)36)44-23-13-19(16-37)12-22(34)15-23/h5-13,15,38H,14H2,1-4H3/b11-9+. The lowest BCUT2D eigenvalue weighted by molar-refractivity contribution is 0.104. The zero-order valence-corrected chi connectivity index (χ0v) is 26.0. The molecule has 45 heavy (non-hydrogen) atoms. The van der Waals surface area contributed by atoms with Crippen LogP contribution in [0, 0.1) is 31.0 Å². The fraction of sp³-hybridized carbons (Fsp3) is 0.152. The number of hydrogen-bond acceptors (Lipinski definition) is 8. The highest BCUT2D eigenvalue weighted by Gasteiger charge is 2.22. The van der Waals surface area contributed by atoms with Crippen LogP contribution < -0.4 is 14.2 Å².